The maximum absolute atomic E-state index is 4.49. The summed E-state index contributed by atoms with van der Waals surface area (Å²) < 4.78 is 0. The minimum absolute atomic E-state index is 0.893. The molecule has 1 rings (SSSR count). The molecule has 1 aromatic rings. The number of aryl methyl sites for hydroxylation is 1. The zero-order valence-electron chi connectivity index (χ0n) is 9.21. The molecule has 0 spiro atoms. The third-order valence-electron chi connectivity index (χ3n) is 1.94. The second kappa shape index (κ2) is 6.11. The third kappa shape index (κ3) is 4.17. The van der Waals surface area contributed by atoms with Crippen LogP contribution in [0.4, 0.5) is 0 Å². The zero-order chi connectivity index (χ0) is 10.4. The molecule has 0 saturated heterocycles. The Balaban J connectivity index is 2.18. The van der Waals surface area contributed by atoms with Crippen molar-refractivity contribution >= 4 is 11.3 Å². The first kappa shape index (κ1) is 11.6. The van der Waals surface area contributed by atoms with Crippen LogP contribution in [0.2, 0.25) is 0 Å². The van der Waals surface area contributed by atoms with Gasteiger partial charge in [0.1, 0.15) is 0 Å². The van der Waals surface area contributed by atoms with E-state index in [0.717, 1.165) is 26.1 Å². The molecular formula is C10H19N3S. The average Bonchev–Trinajstić information content (AvgIpc) is 2.60. The van der Waals surface area contributed by atoms with Gasteiger partial charge in [-0.3, -0.25) is 0 Å². The molecule has 0 unspecified atom stereocenters. The van der Waals surface area contributed by atoms with Gasteiger partial charge in [0.05, 0.1) is 10.7 Å². The smallest absolute Gasteiger partial charge is 0.0926 e. The fraction of sp³-hybridized carbons (Fsp3) is 0.700. The van der Waals surface area contributed by atoms with E-state index in [1.807, 2.05) is 0 Å². The molecule has 80 valence electrons. The van der Waals surface area contributed by atoms with Crippen molar-refractivity contribution in [3.63, 3.8) is 0 Å². The maximum atomic E-state index is 4.49. The Morgan fingerprint density at radius 1 is 1.50 bits per heavy atom. The van der Waals surface area contributed by atoms with Crippen LogP contribution in [-0.4, -0.2) is 37.1 Å². The van der Waals surface area contributed by atoms with E-state index in [0.29, 0.717) is 0 Å². The van der Waals surface area contributed by atoms with Gasteiger partial charge in [0.25, 0.3) is 0 Å². The Hall–Kier alpha value is -0.450. The van der Waals surface area contributed by atoms with Crippen molar-refractivity contribution in [1.82, 2.24) is 15.2 Å². The van der Waals surface area contributed by atoms with E-state index in [9.17, 15) is 0 Å². The molecule has 0 fully saturated rings. The van der Waals surface area contributed by atoms with E-state index in [2.05, 4.69) is 41.6 Å². The van der Waals surface area contributed by atoms with Gasteiger partial charge in [0.15, 0.2) is 0 Å². The van der Waals surface area contributed by atoms with Crippen LogP contribution in [0.15, 0.2) is 5.38 Å². The first-order valence-electron chi connectivity index (χ1n) is 5.01. The Labute approximate surface area is 90.2 Å². The molecule has 0 aliphatic heterocycles. The molecule has 0 aliphatic rings. The van der Waals surface area contributed by atoms with Gasteiger partial charge in [-0.05, 0) is 20.5 Å². The highest BCUT2D eigenvalue weighted by Gasteiger charge is 1.99. The molecule has 1 heterocycles. The second-order valence-corrected chi connectivity index (χ2v) is 4.51. The van der Waals surface area contributed by atoms with Crippen LogP contribution in [0.25, 0.3) is 0 Å². The lowest BCUT2D eigenvalue weighted by Gasteiger charge is -2.09. The summed E-state index contributed by atoms with van der Waals surface area (Å²) in [7, 11) is 4.17. The molecule has 0 amide bonds. The second-order valence-electron chi connectivity index (χ2n) is 3.57. The highest BCUT2D eigenvalue weighted by atomic mass is 32.1. The van der Waals surface area contributed by atoms with Crippen LogP contribution in [0, 0.1) is 0 Å². The third-order valence-corrected chi connectivity index (χ3v) is 2.99. The van der Waals surface area contributed by atoms with Crippen LogP contribution in [0.5, 0.6) is 0 Å². The Bertz CT molecular complexity index is 258. The van der Waals surface area contributed by atoms with Crippen LogP contribution in [0.1, 0.15) is 17.6 Å². The number of nitrogens with zero attached hydrogens (tertiary/aromatic N) is 2. The van der Waals surface area contributed by atoms with Crippen molar-refractivity contribution < 1.29 is 0 Å². The Kier molecular flexibility index (Phi) is 5.07. The normalized spacial score (nSPS) is 11.1. The fourth-order valence-electron chi connectivity index (χ4n) is 1.11. The summed E-state index contributed by atoms with van der Waals surface area (Å²) >= 11 is 1.75. The van der Waals surface area contributed by atoms with E-state index >= 15 is 0 Å². The molecule has 14 heavy (non-hydrogen) atoms. The van der Waals surface area contributed by atoms with E-state index in [-0.39, 0.29) is 0 Å². The molecule has 1 N–H and O–H groups in total. The monoisotopic (exact) mass is 213 g/mol. The van der Waals surface area contributed by atoms with Gasteiger partial charge in [-0.25, -0.2) is 4.98 Å². The Morgan fingerprint density at radius 3 is 2.86 bits per heavy atom. The van der Waals surface area contributed by atoms with Gasteiger partial charge < -0.3 is 10.2 Å². The number of thiazole rings is 1. The molecule has 0 radical (unpaired) electrons. The van der Waals surface area contributed by atoms with Crippen molar-refractivity contribution in [1.29, 1.82) is 0 Å². The SMILES string of the molecule is CCc1nc(CNCCN(C)C)cs1. The topological polar surface area (TPSA) is 28.2 Å². The quantitative estimate of drug-likeness (QED) is 0.723. The zero-order valence-corrected chi connectivity index (χ0v) is 10.0. The summed E-state index contributed by atoms with van der Waals surface area (Å²) in [6.45, 7) is 5.13. The van der Waals surface area contributed by atoms with E-state index in [4.69, 9.17) is 0 Å². The fourth-order valence-corrected chi connectivity index (χ4v) is 1.86. The number of hydrogen-bond donors (Lipinski definition) is 1. The summed E-state index contributed by atoms with van der Waals surface area (Å²) in [5, 5.41) is 6.74. The van der Waals surface area contributed by atoms with Gasteiger partial charge in [0.2, 0.25) is 0 Å². The van der Waals surface area contributed by atoms with Crippen LogP contribution >= 0.6 is 11.3 Å². The summed E-state index contributed by atoms with van der Waals surface area (Å²) in [6, 6.07) is 0. The van der Waals surface area contributed by atoms with Crippen molar-refractivity contribution in [2.45, 2.75) is 19.9 Å². The number of aromatic nitrogens is 1. The number of hydrogen-bond acceptors (Lipinski definition) is 4. The lowest BCUT2D eigenvalue weighted by molar-refractivity contribution is 0.399. The van der Waals surface area contributed by atoms with Crippen molar-refractivity contribution in [3.8, 4) is 0 Å². The van der Waals surface area contributed by atoms with E-state index < -0.39 is 0 Å². The minimum Gasteiger partial charge on any atom is -0.310 e. The summed E-state index contributed by atoms with van der Waals surface area (Å²) in [6.07, 6.45) is 1.04. The minimum atomic E-state index is 0.893. The molecular weight excluding hydrogens is 194 g/mol. The maximum Gasteiger partial charge on any atom is 0.0926 e. The molecule has 0 atom stereocenters. The highest BCUT2D eigenvalue weighted by molar-refractivity contribution is 7.09. The van der Waals surface area contributed by atoms with Gasteiger partial charge >= 0.3 is 0 Å². The van der Waals surface area contributed by atoms with Gasteiger partial charge in [-0.15, -0.1) is 11.3 Å². The first-order chi connectivity index (χ1) is 6.72. The predicted octanol–water partition coefficient (Wildman–Crippen LogP) is 1.36. The van der Waals surface area contributed by atoms with Crippen molar-refractivity contribution in [2.24, 2.45) is 0 Å². The van der Waals surface area contributed by atoms with Gasteiger partial charge in [0, 0.05) is 25.0 Å². The first-order valence-corrected chi connectivity index (χ1v) is 5.89. The predicted molar refractivity (Wildman–Crippen MR) is 61.8 cm³/mol. The van der Waals surface area contributed by atoms with Crippen LogP contribution < -0.4 is 5.32 Å². The summed E-state index contributed by atoms with van der Waals surface area (Å²) in [5.74, 6) is 0. The standard InChI is InChI=1S/C10H19N3S/c1-4-10-12-9(8-14-10)7-11-5-6-13(2)3/h8,11H,4-7H2,1-3H3. The largest absolute Gasteiger partial charge is 0.310 e. The summed E-state index contributed by atoms with van der Waals surface area (Å²) in [5.41, 5.74) is 1.17. The van der Waals surface area contributed by atoms with E-state index in [1.54, 1.807) is 11.3 Å². The molecule has 0 aromatic carbocycles. The van der Waals surface area contributed by atoms with Crippen molar-refractivity contribution in [2.75, 3.05) is 27.2 Å². The number of likely N-dealkylation sites (N-methyl/N-ethyl adjacent to an activating group) is 1. The van der Waals surface area contributed by atoms with Gasteiger partial charge in [-0.2, -0.15) is 0 Å². The highest BCUT2D eigenvalue weighted by Crippen LogP contribution is 2.09. The van der Waals surface area contributed by atoms with Crippen LogP contribution in [-0.2, 0) is 13.0 Å². The molecule has 0 aliphatic carbocycles. The summed E-state index contributed by atoms with van der Waals surface area (Å²) in [4.78, 5) is 6.66. The lowest BCUT2D eigenvalue weighted by Crippen LogP contribution is -2.26. The molecule has 3 nitrogen and oxygen atoms in total. The Morgan fingerprint density at radius 2 is 2.29 bits per heavy atom. The molecule has 1 aromatic heterocycles. The lowest BCUT2D eigenvalue weighted by atomic mass is 10.4. The average molecular weight is 213 g/mol. The molecule has 0 saturated carbocycles. The molecule has 0 bridgehead atoms. The van der Waals surface area contributed by atoms with Gasteiger partial charge in [-0.1, -0.05) is 6.92 Å². The van der Waals surface area contributed by atoms with E-state index in [1.165, 1.54) is 10.7 Å². The number of rotatable bonds is 6. The van der Waals surface area contributed by atoms with Crippen LogP contribution in [0.3, 0.4) is 0 Å². The number of nitrogens with one attached hydrogen (secondary N) is 1. The molecule has 4 heteroatoms. The van der Waals surface area contributed by atoms with Crippen molar-refractivity contribution in [3.05, 3.63) is 16.1 Å².